The third kappa shape index (κ3) is 3.85. The molecule has 2 fully saturated rings. The van der Waals surface area contributed by atoms with Crippen molar-refractivity contribution < 1.29 is 22.5 Å². The van der Waals surface area contributed by atoms with Crippen LogP contribution >= 0.6 is 0 Å². The molecule has 1 aromatic carbocycles. The molecule has 2 atom stereocenters. The van der Waals surface area contributed by atoms with Crippen molar-refractivity contribution in [3.05, 3.63) is 29.8 Å². The highest BCUT2D eigenvalue weighted by Crippen LogP contribution is 2.61. The Balaban J connectivity index is 1.77. The maximum Gasteiger partial charge on any atom is 0.407 e. The average molecular weight is 396 g/mol. The Kier molecular flexibility index (Phi) is 5.06. The highest BCUT2D eigenvalue weighted by molar-refractivity contribution is 7.86. The van der Waals surface area contributed by atoms with Crippen molar-refractivity contribution in [3.8, 4) is 0 Å². The van der Waals surface area contributed by atoms with Gasteiger partial charge in [0.25, 0.3) is 10.1 Å². The van der Waals surface area contributed by atoms with Crippen LogP contribution in [0, 0.1) is 23.7 Å². The van der Waals surface area contributed by atoms with Gasteiger partial charge in [-0.25, -0.2) is 4.79 Å². The molecule has 3 rings (SSSR count). The Morgan fingerprint density at radius 2 is 1.74 bits per heavy atom. The van der Waals surface area contributed by atoms with Crippen molar-refractivity contribution in [1.82, 2.24) is 4.90 Å². The molecule has 27 heavy (non-hydrogen) atoms. The number of rotatable bonds is 3. The Hall–Kier alpha value is -1.60. The zero-order valence-corrected chi connectivity index (χ0v) is 17.3. The third-order valence-corrected chi connectivity index (χ3v) is 7.51. The summed E-state index contributed by atoms with van der Waals surface area (Å²) in [5.74, 6) is 0.0705. The van der Waals surface area contributed by atoms with Crippen LogP contribution in [0.25, 0.3) is 0 Å². The molecular formula is C20H29NO5S. The number of benzene rings is 1. The number of nitrogens with zero attached hydrogens (tertiary/aromatic N) is 1. The lowest BCUT2D eigenvalue weighted by molar-refractivity contribution is -0.162. The molecule has 7 heteroatoms. The van der Waals surface area contributed by atoms with Gasteiger partial charge in [-0.2, -0.15) is 8.42 Å². The number of hydrogen-bond donors (Lipinski definition) is 1. The number of carbonyl (C=O) groups is 1. The molecule has 2 aliphatic rings. The molecule has 6 nitrogen and oxygen atoms in total. The van der Waals surface area contributed by atoms with Gasteiger partial charge in [-0.1, -0.05) is 38.5 Å². The number of carboxylic acid groups (broad SMARTS) is 1. The largest absolute Gasteiger partial charge is 0.465 e. The van der Waals surface area contributed by atoms with Crippen LogP contribution in [0.4, 0.5) is 4.79 Å². The van der Waals surface area contributed by atoms with E-state index in [1.165, 1.54) is 4.90 Å². The topological polar surface area (TPSA) is 83.9 Å². The van der Waals surface area contributed by atoms with Crippen LogP contribution in [0.15, 0.2) is 29.2 Å². The third-order valence-electron chi connectivity index (χ3n) is 6.16. The first-order chi connectivity index (χ1) is 12.4. The van der Waals surface area contributed by atoms with E-state index in [9.17, 15) is 18.3 Å². The molecule has 1 aliphatic carbocycles. The van der Waals surface area contributed by atoms with E-state index < -0.39 is 16.2 Å². The van der Waals surface area contributed by atoms with Crippen LogP contribution in [0.3, 0.4) is 0 Å². The molecule has 0 aromatic heterocycles. The molecule has 1 saturated carbocycles. The van der Waals surface area contributed by atoms with Crippen molar-refractivity contribution in [1.29, 1.82) is 0 Å². The second-order valence-corrected chi connectivity index (χ2v) is 10.7. The fourth-order valence-corrected chi connectivity index (χ4v) is 6.11. The average Bonchev–Trinajstić information content (AvgIpc) is 2.53. The minimum Gasteiger partial charge on any atom is -0.465 e. The van der Waals surface area contributed by atoms with E-state index in [1.54, 1.807) is 24.3 Å². The van der Waals surface area contributed by atoms with Crippen molar-refractivity contribution in [2.45, 2.75) is 58.0 Å². The Morgan fingerprint density at radius 3 is 2.22 bits per heavy atom. The molecule has 1 spiro atoms. The lowest BCUT2D eigenvalue weighted by Gasteiger charge is -2.61. The van der Waals surface area contributed by atoms with Gasteiger partial charge in [-0.15, -0.1) is 0 Å². The number of aryl methyl sites for hydroxylation is 1. The minimum absolute atomic E-state index is 0.0440. The molecule has 1 aliphatic heterocycles. The second kappa shape index (κ2) is 6.78. The Bertz CT molecular complexity index is 802. The lowest BCUT2D eigenvalue weighted by atomic mass is 9.47. The molecule has 2 unspecified atom stereocenters. The zero-order valence-electron chi connectivity index (χ0n) is 16.4. The monoisotopic (exact) mass is 395 g/mol. The molecule has 1 N–H and O–H groups in total. The van der Waals surface area contributed by atoms with Gasteiger partial charge in [-0.3, -0.25) is 4.18 Å². The van der Waals surface area contributed by atoms with Gasteiger partial charge in [0.05, 0.1) is 11.0 Å². The van der Waals surface area contributed by atoms with Crippen LogP contribution in [-0.2, 0) is 14.3 Å². The van der Waals surface area contributed by atoms with Gasteiger partial charge in [-0.05, 0) is 55.1 Å². The summed E-state index contributed by atoms with van der Waals surface area (Å²) < 4.78 is 31.1. The molecular weight excluding hydrogens is 366 g/mol. The summed E-state index contributed by atoms with van der Waals surface area (Å²) in [5.41, 5.74) is 0.823. The van der Waals surface area contributed by atoms with E-state index in [0.29, 0.717) is 19.5 Å². The van der Waals surface area contributed by atoms with E-state index in [4.69, 9.17) is 4.18 Å². The molecule has 1 saturated heterocycles. The van der Waals surface area contributed by atoms with E-state index >= 15 is 0 Å². The van der Waals surface area contributed by atoms with Crippen LogP contribution in [0.5, 0.6) is 0 Å². The lowest BCUT2D eigenvalue weighted by Crippen LogP contribution is -2.62. The number of piperidine rings is 1. The smallest absolute Gasteiger partial charge is 0.407 e. The van der Waals surface area contributed by atoms with Gasteiger partial charge in [0.2, 0.25) is 0 Å². The summed E-state index contributed by atoms with van der Waals surface area (Å²) in [5, 5.41) is 9.20. The Labute approximate surface area is 161 Å². The first kappa shape index (κ1) is 20.1. The first-order valence-corrected chi connectivity index (χ1v) is 10.8. The molecule has 1 aromatic rings. The van der Waals surface area contributed by atoms with Crippen molar-refractivity contribution in [2.24, 2.45) is 16.7 Å². The number of hydrogen-bond acceptors (Lipinski definition) is 4. The van der Waals surface area contributed by atoms with E-state index in [-0.39, 0.29) is 27.7 Å². The van der Waals surface area contributed by atoms with Crippen molar-refractivity contribution in [2.75, 3.05) is 13.1 Å². The fourth-order valence-electron chi connectivity index (χ4n) is 5.03. The summed E-state index contributed by atoms with van der Waals surface area (Å²) in [7, 11) is -3.81. The van der Waals surface area contributed by atoms with Gasteiger partial charge < -0.3 is 10.0 Å². The van der Waals surface area contributed by atoms with Gasteiger partial charge in [0.15, 0.2) is 0 Å². The van der Waals surface area contributed by atoms with E-state index in [1.807, 2.05) is 6.92 Å². The van der Waals surface area contributed by atoms with Crippen LogP contribution < -0.4 is 0 Å². The van der Waals surface area contributed by atoms with Crippen molar-refractivity contribution in [3.63, 3.8) is 0 Å². The van der Waals surface area contributed by atoms with Crippen LogP contribution in [-0.4, -0.2) is 43.7 Å². The molecule has 1 heterocycles. The fraction of sp³-hybridized carbons (Fsp3) is 0.650. The molecule has 150 valence electrons. The standard InChI is InChI=1S/C20H29NO5S/c1-14-5-7-15(8-6-14)27(24,25)26-16-13-20(17(16)19(2,3)4)9-11-21(12-10-20)18(22)23/h5-8,16-17H,9-13H2,1-4H3,(H,22,23). The SMILES string of the molecule is Cc1ccc(S(=O)(=O)OC2CC3(CCN(C(=O)O)CC3)C2C(C)(C)C)cc1. The maximum absolute atomic E-state index is 12.7. The summed E-state index contributed by atoms with van der Waals surface area (Å²) in [4.78, 5) is 12.8. The molecule has 0 bridgehead atoms. The summed E-state index contributed by atoms with van der Waals surface area (Å²) in [6, 6.07) is 6.69. The van der Waals surface area contributed by atoms with Gasteiger partial charge >= 0.3 is 6.09 Å². The molecule has 0 radical (unpaired) electrons. The summed E-state index contributed by atoms with van der Waals surface area (Å²) in [6.45, 7) is 9.23. The minimum atomic E-state index is -3.81. The normalized spacial score (nSPS) is 25.3. The maximum atomic E-state index is 12.7. The zero-order chi connectivity index (χ0) is 20.0. The highest BCUT2D eigenvalue weighted by atomic mass is 32.2. The number of likely N-dealkylation sites (tertiary alicyclic amines) is 1. The van der Waals surface area contributed by atoms with Gasteiger partial charge in [0.1, 0.15) is 0 Å². The highest BCUT2D eigenvalue weighted by Gasteiger charge is 2.60. The predicted molar refractivity (Wildman–Crippen MR) is 102 cm³/mol. The first-order valence-electron chi connectivity index (χ1n) is 9.42. The van der Waals surface area contributed by atoms with Crippen molar-refractivity contribution >= 4 is 16.2 Å². The summed E-state index contributed by atoms with van der Waals surface area (Å²) in [6.07, 6.45) is 0.920. The predicted octanol–water partition coefficient (Wildman–Crippen LogP) is 3.90. The number of amides is 1. The van der Waals surface area contributed by atoms with Gasteiger partial charge in [0, 0.05) is 13.1 Å². The Morgan fingerprint density at radius 1 is 1.19 bits per heavy atom. The van der Waals surface area contributed by atoms with E-state index in [2.05, 4.69) is 20.8 Å². The molecule has 1 amide bonds. The van der Waals surface area contributed by atoms with Crippen LogP contribution in [0.2, 0.25) is 0 Å². The second-order valence-electron chi connectivity index (χ2n) is 9.08. The van der Waals surface area contributed by atoms with E-state index in [0.717, 1.165) is 18.4 Å². The summed E-state index contributed by atoms with van der Waals surface area (Å²) >= 11 is 0. The van der Waals surface area contributed by atoms with Crippen LogP contribution in [0.1, 0.15) is 45.6 Å². The quantitative estimate of drug-likeness (QED) is 0.785.